The van der Waals surface area contributed by atoms with E-state index in [2.05, 4.69) is 26.9 Å². The van der Waals surface area contributed by atoms with Crippen LogP contribution in [0.25, 0.3) is 0 Å². The second-order valence-electron chi connectivity index (χ2n) is 5.34. The molecule has 1 fully saturated rings. The van der Waals surface area contributed by atoms with E-state index in [4.69, 9.17) is 9.47 Å². The van der Waals surface area contributed by atoms with Gasteiger partial charge in [-0.05, 0) is 43.6 Å². The van der Waals surface area contributed by atoms with Crippen molar-refractivity contribution >= 4 is 22.2 Å². The van der Waals surface area contributed by atoms with E-state index in [1.54, 1.807) is 0 Å². The van der Waals surface area contributed by atoms with Crippen molar-refractivity contribution in [1.82, 2.24) is 4.90 Å². The molecule has 5 heteroatoms. The molecule has 1 saturated heterocycles. The van der Waals surface area contributed by atoms with Gasteiger partial charge in [-0.2, -0.15) is 0 Å². The van der Waals surface area contributed by atoms with Gasteiger partial charge in [0, 0.05) is 16.9 Å². The number of hydrogen-bond acceptors (Lipinski definition) is 4. The minimum absolute atomic E-state index is 0.245. The number of piperidine rings is 1. The SMILES string of the molecule is O=CC1CCN(Cc2cc3c(cc2Br)OCCO3)CC1. The van der Waals surface area contributed by atoms with E-state index in [1.807, 2.05) is 6.07 Å². The third kappa shape index (κ3) is 2.99. The lowest BCUT2D eigenvalue weighted by Crippen LogP contribution is -2.33. The standard InChI is InChI=1S/C15H18BrNO3/c16-13-8-15-14(19-5-6-20-15)7-12(13)9-17-3-1-11(10-18)2-4-17/h7-8,10-11H,1-6,9H2. The Hall–Kier alpha value is -1.07. The van der Waals surface area contributed by atoms with E-state index in [-0.39, 0.29) is 5.92 Å². The highest BCUT2D eigenvalue weighted by Crippen LogP contribution is 2.36. The summed E-state index contributed by atoms with van der Waals surface area (Å²) in [6.45, 7) is 4.05. The summed E-state index contributed by atoms with van der Waals surface area (Å²) in [7, 11) is 0. The molecule has 0 unspecified atom stereocenters. The highest BCUT2D eigenvalue weighted by Gasteiger charge is 2.21. The van der Waals surface area contributed by atoms with Crippen molar-refractivity contribution in [2.24, 2.45) is 5.92 Å². The number of carbonyl (C=O) groups is 1. The van der Waals surface area contributed by atoms with Gasteiger partial charge in [0.1, 0.15) is 19.5 Å². The Morgan fingerprint density at radius 1 is 1.20 bits per heavy atom. The average molecular weight is 340 g/mol. The molecule has 1 aromatic rings. The molecule has 0 N–H and O–H groups in total. The molecule has 20 heavy (non-hydrogen) atoms. The van der Waals surface area contributed by atoms with E-state index in [0.29, 0.717) is 13.2 Å². The van der Waals surface area contributed by atoms with E-state index in [0.717, 1.165) is 54.7 Å². The van der Waals surface area contributed by atoms with Crippen LogP contribution >= 0.6 is 15.9 Å². The molecule has 0 amide bonds. The number of halogens is 1. The third-order valence-electron chi connectivity index (χ3n) is 3.93. The van der Waals surface area contributed by atoms with Crippen molar-refractivity contribution in [2.45, 2.75) is 19.4 Å². The molecule has 0 aliphatic carbocycles. The number of hydrogen-bond donors (Lipinski definition) is 0. The number of fused-ring (bicyclic) bond motifs is 1. The van der Waals surface area contributed by atoms with Gasteiger partial charge < -0.3 is 14.3 Å². The van der Waals surface area contributed by atoms with E-state index >= 15 is 0 Å². The molecule has 0 saturated carbocycles. The van der Waals surface area contributed by atoms with Crippen LogP contribution in [-0.4, -0.2) is 37.5 Å². The summed E-state index contributed by atoms with van der Waals surface area (Å²) in [5, 5.41) is 0. The van der Waals surface area contributed by atoms with Crippen molar-refractivity contribution in [3.05, 3.63) is 22.2 Å². The third-order valence-corrected chi connectivity index (χ3v) is 4.67. The van der Waals surface area contributed by atoms with Crippen LogP contribution in [0.3, 0.4) is 0 Å². The lowest BCUT2D eigenvalue weighted by atomic mass is 9.98. The molecule has 0 radical (unpaired) electrons. The quantitative estimate of drug-likeness (QED) is 0.793. The Labute approximate surface area is 127 Å². The van der Waals surface area contributed by atoms with Crippen LogP contribution in [0.1, 0.15) is 18.4 Å². The fraction of sp³-hybridized carbons (Fsp3) is 0.533. The molecule has 0 aromatic heterocycles. The summed E-state index contributed by atoms with van der Waals surface area (Å²) >= 11 is 3.61. The van der Waals surface area contributed by atoms with E-state index in [9.17, 15) is 4.79 Å². The second-order valence-corrected chi connectivity index (χ2v) is 6.19. The van der Waals surface area contributed by atoms with Crippen molar-refractivity contribution in [2.75, 3.05) is 26.3 Å². The minimum Gasteiger partial charge on any atom is -0.486 e. The van der Waals surface area contributed by atoms with Gasteiger partial charge in [0.15, 0.2) is 11.5 Å². The smallest absolute Gasteiger partial charge is 0.162 e. The van der Waals surface area contributed by atoms with Crippen LogP contribution in [0.15, 0.2) is 16.6 Å². The zero-order chi connectivity index (χ0) is 13.9. The molecule has 0 bridgehead atoms. The Balaban J connectivity index is 1.70. The normalized spacial score (nSPS) is 19.9. The monoisotopic (exact) mass is 339 g/mol. The lowest BCUT2D eigenvalue weighted by molar-refractivity contribution is -0.112. The number of benzene rings is 1. The highest BCUT2D eigenvalue weighted by atomic mass is 79.9. The van der Waals surface area contributed by atoms with Crippen molar-refractivity contribution in [1.29, 1.82) is 0 Å². The van der Waals surface area contributed by atoms with Crippen LogP contribution in [0.2, 0.25) is 0 Å². The summed E-state index contributed by atoms with van der Waals surface area (Å²) < 4.78 is 12.3. The molecule has 0 atom stereocenters. The molecule has 3 rings (SSSR count). The molecular formula is C15H18BrNO3. The molecule has 1 aromatic carbocycles. The van der Waals surface area contributed by atoms with Crippen LogP contribution < -0.4 is 9.47 Å². The number of nitrogens with zero attached hydrogens (tertiary/aromatic N) is 1. The second kappa shape index (κ2) is 6.14. The van der Waals surface area contributed by atoms with Crippen LogP contribution in [0, 0.1) is 5.92 Å². The maximum absolute atomic E-state index is 10.8. The molecule has 2 heterocycles. The maximum atomic E-state index is 10.8. The summed E-state index contributed by atoms with van der Waals surface area (Å²) in [4.78, 5) is 13.2. The van der Waals surface area contributed by atoms with Gasteiger partial charge in [-0.15, -0.1) is 0 Å². The van der Waals surface area contributed by atoms with Crippen LogP contribution in [-0.2, 0) is 11.3 Å². The molecule has 4 nitrogen and oxygen atoms in total. The number of likely N-dealkylation sites (tertiary alicyclic amines) is 1. The summed E-state index contributed by atoms with van der Waals surface area (Å²) in [5.74, 6) is 1.89. The number of rotatable bonds is 3. The van der Waals surface area contributed by atoms with Gasteiger partial charge >= 0.3 is 0 Å². The van der Waals surface area contributed by atoms with Crippen molar-refractivity contribution in [3.8, 4) is 11.5 Å². The average Bonchev–Trinajstić information content (AvgIpc) is 2.49. The van der Waals surface area contributed by atoms with Gasteiger partial charge in [-0.3, -0.25) is 4.90 Å². The number of aldehydes is 1. The zero-order valence-corrected chi connectivity index (χ0v) is 12.9. The Bertz CT molecular complexity index is 498. The first-order valence-electron chi connectivity index (χ1n) is 7.02. The largest absolute Gasteiger partial charge is 0.486 e. The van der Waals surface area contributed by atoms with E-state index in [1.165, 1.54) is 5.56 Å². The van der Waals surface area contributed by atoms with Gasteiger partial charge in [0.25, 0.3) is 0 Å². The van der Waals surface area contributed by atoms with Crippen molar-refractivity contribution < 1.29 is 14.3 Å². The Morgan fingerprint density at radius 3 is 2.50 bits per heavy atom. The van der Waals surface area contributed by atoms with E-state index < -0.39 is 0 Å². The topological polar surface area (TPSA) is 38.8 Å². The number of carbonyl (C=O) groups excluding carboxylic acids is 1. The fourth-order valence-corrected chi connectivity index (χ4v) is 3.16. The number of ether oxygens (including phenoxy) is 2. The summed E-state index contributed by atoms with van der Waals surface area (Å²) in [5.41, 5.74) is 1.21. The van der Waals surface area contributed by atoms with Gasteiger partial charge in [0.2, 0.25) is 0 Å². The first-order valence-corrected chi connectivity index (χ1v) is 7.81. The summed E-state index contributed by atoms with van der Waals surface area (Å²) in [6.07, 6.45) is 3.02. The summed E-state index contributed by atoms with van der Waals surface area (Å²) in [6, 6.07) is 4.05. The molecule has 2 aliphatic heterocycles. The molecule has 108 valence electrons. The van der Waals surface area contributed by atoms with Gasteiger partial charge in [0.05, 0.1) is 0 Å². The van der Waals surface area contributed by atoms with Crippen molar-refractivity contribution in [3.63, 3.8) is 0 Å². The van der Waals surface area contributed by atoms with Crippen LogP contribution in [0.4, 0.5) is 0 Å². The zero-order valence-electron chi connectivity index (χ0n) is 11.3. The predicted molar refractivity (Wildman–Crippen MR) is 79.2 cm³/mol. The fourth-order valence-electron chi connectivity index (χ4n) is 2.72. The molecule has 0 spiro atoms. The van der Waals surface area contributed by atoms with Crippen LogP contribution in [0.5, 0.6) is 11.5 Å². The first kappa shape index (κ1) is 13.9. The molecule has 2 aliphatic rings. The minimum atomic E-state index is 0.245. The predicted octanol–water partition coefficient (Wildman–Crippen LogP) is 2.63. The lowest BCUT2D eigenvalue weighted by Gasteiger charge is -2.30. The molecular weight excluding hydrogens is 322 g/mol. The maximum Gasteiger partial charge on any atom is 0.162 e. The Kier molecular flexibility index (Phi) is 4.27. The highest BCUT2D eigenvalue weighted by molar-refractivity contribution is 9.10. The Morgan fingerprint density at radius 2 is 1.85 bits per heavy atom. The van der Waals surface area contributed by atoms with Gasteiger partial charge in [-0.1, -0.05) is 15.9 Å². The van der Waals surface area contributed by atoms with Gasteiger partial charge in [-0.25, -0.2) is 0 Å². The first-order chi connectivity index (χ1) is 9.76.